The molecule has 3 amide bonds. The number of hydrogen-bond donors (Lipinski definition) is 2. The minimum absolute atomic E-state index is 0.0818. The Bertz CT molecular complexity index is 781. The molecule has 158 valence electrons. The van der Waals surface area contributed by atoms with Gasteiger partial charge in [-0.25, -0.2) is 4.79 Å². The molecule has 29 heavy (non-hydrogen) atoms. The van der Waals surface area contributed by atoms with Crippen LogP contribution < -0.4 is 20.3 Å². The topological polar surface area (TPSA) is 97.0 Å². The summed E-state index contributed by atoms with van der Waals surface area (Å²) in [5.41, 5.74) is 0.281. The molecular weight excluding hydrogens is 374 g/mol. The predicted molar refractivity (Wildman–Crippen MR) is 109 cm³/mol. The lowest BCUT2D eigenvalue weighted by Crippen LogP contribution is -2.47. The van der Waals surface area contributed by atoms with E-state index >= 15 is 0 Å². The molecule has 0 radical (unpaired) electrons. The fraction of sp³-hybridized carbons (Fsp3) is 0.571. The Hall–Kier alpha value is -2.77. The van der Waals surface area contributed by atoms with Crippen LogP contribution in [0.2, 0.25) is 0 Å². The summed E-state index contributed by atoms with van der Waals surface area (Å²) in [6.07, 6.45) is 4.79. The van der Waals surface area contributed by atoms with Crippen molar-refractivity contribution >= 4 is 29.3 Å². The molecule has 8 heteroatoms. The van der Waals surface area contributed by atoms with E-state index in [-0.39, 0.29) is 31.0 Å². The highest BCUT2D eigenvalue weighted by Crippen LogP contribution is 2.34. The minimum Gasteiger partial charge on any atom is -0.482 e. The van der Waals surface area contributed by atoms with Gasteiger partial charge in [0.05, 0.1) is 5.69 Å². The molecule has 1 heterocycles. The number of ether oxygens (including phenoxy) is 2. The fourth-order valence-electron chi connectivity index (χ4n) is 3.54. The number of nitrogens with zero attached hydrogens (tertiary/aromatic N) is 1. The molecule has 3 rings (SSSR count). The van der Waals surface area contributed by atoms with Gasteiger partial charge in [-0.3, -0.25) is 19.8 Å². The Balaban J connectivity index is 1.70. The van der Waals surface area contributed by atoms with Gasteiger partial charge in [-0.2, -0.15) is 0 Å². The van der Waals surface area contributed by atoms with E-state index in [9.17, 15) is 14.4 Å². The number of hydrogen-bond acceptors (Lipinski definition) is 5. The standard InChI is InChI=1S/C21H29N3O5/c1-21(2,3)29-20(27)23-15-9-10-17-16(11-15)24(19(26)13-28-17)12-18(25)22-14-7-5-4-6-8-14/h9-11,14H,4-8,12-13H2,1-3H3,(H,22,25)(H,23,27). The van der Waals surface area contributed by atoms with Gasteiger partial charge in [-0.15, -0.1) is 0 Å². The predicted octanol–water partition coefficient (Wildman–Crippen LogP) is 3.21. The third kappa shape index (κ3) is 5.85. The summed E-state index contributed by atoms with van der Waals surface area (Å²) in [4.78, 5) is 38.4. The summed E-state index contributed by atoms with van der Waals surface area (Å²) in [5, 5.41) is 5.67. The van der Waals surface area contributed by atoms with Gasteiger partial charge < -0.3 is 14.8 Å². The van der Waals surface area contributed by atoms with Crippen LogP contribution >= 0.6 is 0 Å². The first-order valence-corrected chi connectivity index (χ1v) is 10.1. The van der Waals surface area contributed by atoms with Gasteiger partial charge in [0.25, 0.3) is 5.91 Å². The second-order valence-electron chi connectivity index (χ2n) is 8.48. The second-order valence-corrected chi connectivity index (χ2v) is 8.48. The fourth-order valence-corrected chi connectivity index (χ4v) is 3.54. The van der Waals surface area contributed by atoms with Crippen molar-refractivity contribution < 1.29 is 23.9 Å². The van der Waals surface area contributed by atoms with Crippen LogP contribution in [0.5, 0.6) is 5.75 Å². The summed E-state index contributed by atoms with van der Waals surface area (Å²) in [6, 6.07) is 5.12. The third-order valence-corrected chi connectivity index (χ3v) is 4.82. The number of carbonyl (C=O) groups excluding carboxylic acids is 3. The first-order valence-electron chi connectivity index (χ1n) is 10.1. The lowest BCUT2D eigenvalue weighted by molar-refractivity contribution is -0.125. The Labute approximate surface area is 170 Å². The SMILES string of the molecule is CC(C)(C)OC(=O)Nc1ccc2c(c1)N(CC(=O)NC1CCCCC1)C(=O)CO2. The first kappa shape index (κ1) is 21.0. The van der Waals surface area contributed by atoms with Crippen molar-refractivity contribution in [2.75, 3.05) is 23.4 Å². The van der Waals surface area contributed by atoms with E-state index in [4.69, 9.17) is 9.47 Å². The van der Waals surface area contributed by atoms with Crippen LogP contribution in [0, 0.1) is 0 Å². The van der Waals surface area contributed by atoms with Crippen LogP contribution in [-0.2, 0) is 14.3 Å². The molecule has 8 nitrogen and oxygen atoms in total. The maximum Gasteiger partial charge on any atom is 0.412 e. The maximum absolute atomic E-state index is 12.5. The van der Waals surface area contributed by atoms with Crippen molar-refractivity contribution in [3.8, 4) is 5.75 Å². The summed E-state index contributed by atoms with van der Waals surface area (Å²) >= 11 is 0. The highest BCUT2D eigenvalue weighted by Gasteiger charge is 2.29. The number of anilines is 2. The first-order chi connectivity index (χ1) is 13.7. The smallest absolute Gasteiger partial charge is 0.412 e. The van der Waals surface area contributed by atoms with Gasteiger partial charge in [0.2, 0.25) is 5.91 Å². The van der Waals surface area contributed by atoms with Crippen LogP contribution in [0.25, 0.3) is 0 Å². The molecule has 2 aliphatic rings. The Kier molecular flexibility index (Phi) is 6.30. The Morgan fingerprint density at radius 2 is 1.93 bits per heavy atom. The molecule has 1 fully saturated rings. The minimum atomic E-state index is -0.624. The molecule has 1 aliphatic carbocycles. The maximum atomic E-state index is 12.5. The number of benzene rings is 1. The van der Waals surface area contributed by atoms with E-state index < -0.39 is 11.7 Å². The van der Waals surface area contributed by atoms with Crippen LogP contribution in [0.15, 0.2) is 18.2 Å². The highest BCUT2D eigenvalue weighted by atomic mass is 16.6. The van der Waals surface area contributed by atoms with Crippen LogP contribution in [0.4, 0.5) is 16.2 Å². The zero-order valence-corrected chi connectivity index (χ0v) is 17.2. The van der Waals surface area contributed by atoms with Crippen molar-refractivity contribution in [2.24, 2.45) is 0 Å². The summed E-state index contributed by atoms with van der Waals surface area (Å²) in [7, 11) is 0. The average molecular weight is 403 g/mol. The molecular formula is C21H29N3O5. The molecule has 0 spiro atoms. The van der Waals surface area contributed by atoms with E-state index in [1.54, 1.807) is 39.0 Å². The summed E-state index contributed by atoms with van der Waals surface area (Å²) in [6.45, 7) is 5.12. The molecule has 0 aromatic heterocycles. The molecule has 0 atom stereocenters. The zero-order chi connectivity index (χ0) is 21.0. The quantitative estimate of drug-likeness (QED) is 0.805. The molecule has 1 aromatic carbocycles. The van der Waals surface area contributed by atoms with Crippen LogP contribution in [-0.4, -0.2) is 42.7 Å². The monoisotopic (exact) mass is 403 g/mol. The van der Waals surface area contributed by atoms with E-state index in [2.05, 4.69) is 10.6 Å². The van der Waals surface area contributed by atoms with Gasteiger partial charge in [0.1, 0.15) is 17.9 Å². The largest absolute Gasteiger partial charge is 0.482 e. The van der Waals surface area contributed by atoms with Gasteiger partial charge in [0.15, 0.2) is 6.61 Å². The molecule has 1 saturated carbocycles. The van der Waals surface area contributed by atoms with E-state index in [0.29, 0.717) is 17.1 Å². The number of carbonyl (C=O) groups is 3. The Morgan fingerprint density at radius 3 is 2.62 bits per heavy atom. The number of rotatable bonds is 4. The second kappa shape index (κ2) is 8.71. The average Bonchev–Trinajstić information content (AvgIpc) is 2.63. The molecule has 2 N–H and O–H groups in total. The highest BCUT2D eigenvalue weighted by molar-refractivity contribution is 6.03. The molecule has 0 bridgehead atoms. The lowest BCUT2D eigenvalue weighted by atomic mass is 9.95. The lowest BCUT2D eigenvalue weighted by Gasteiger charge is -2.30. The zero-order valence-electron chi connectivity index (χ0n) is 17.2. The van der Waals surface area contributed by atoms with E-state index in [0.717, 1.165) is 25.7 Å². The van der Waals surface area contributed by atoms with Crippen molar-refractivity contribution in [2.45, 2.75) is 64.5 Å². The Morgan fingerprint density at radius 1 is 1.21 bits per heavy atom. The number of amides is 3. The van der Waals surface area contributed by atoms with Crippen molar-refractivity contribution in [1.29, 1.82) is 0 Å². The van der Waals surface area contributed by atoms with Crippen LogP contribution in [0.1, 0.15) is 52.9 Å². The van der Waals surface area contributed by atoms with Crippen LogP contribution in [0.3, 0.4) is 0 Å². The number of nitrogens with one attached hydrogen (secondary N) is 2. The van der Waals surface area contributed by atoms with E-state index in [1.807, 2.05) is 0 Å². The van der Waals surface area contributed by atoms with Gasteiger partial charge in [0, 0.05) is 11.7 Å². The normalized spacial score (nSPS) is 17.2. The van der Waals surface area contributed by atoms with Gasteiger partial charge in [-0.1, -0.05) is 19.3 Å². The van der Waals surface area contributed by atoms with Crippen molar-refractivity contribution in [3.05, 3.63) is 18.2 Å². The molecule has 0 saturated heterocycles. The summed E-state index contributed by atoms with van der Waals surface area (Å²) < 4.78 is 10.7. The molecule has 0 unspecified atom stereocenters. The number of fused-ring (bicyclic) bond motifs is 1. The van der Waals surface area contributed by atoms with Gasteiger partial charge in [-0.05, 0) is 51.8 Å². The van der Waals surface area contributed by atoms with Gasteiger partial charge >= 0.3 is 6.09 Å². The van der Waals surface area contributed by atoms with E-state index in [1.165, 1.54) is 11.3 Å². The molecule has 1 aliphatic heterocycles. The molecule has 1 aromatic rings. The van der Waals surface area contributed by atoms with Crippen molar-refractivity contribution in [3.63, 3.8) is 0 Å². The van der Waals surface area contributed by atoms with Crippen molar-refractivity contribution in [1.82, 2.24) is 5.32 Å². The summed E-state index contributed by atoms with van der Waals surface area (Å²) in [5.74, 6) is -0.000813. The third-order valence-electron chi connectivity index (χ3n) is 4.82.